The summed E-state index contributed by atoms with van der Waals surface area (Å²) in [6.45, 7) is 0. The monoisotopic (exact) mass is 438 g/mol. The quantitative estimate of drug-likeness (QED) is 0.437. The molecular formula is C16H12Br2N2O3. The molecule has 7 heteroatoms. The maximum Gasteiger partial charge on any atom is 0.254 e. The number of imide groups is 1. The number of hydrogen-bond donors (Lipinski definition) is 1. The number of phenols is 1. The fraction of sp³-hybridized carbons (Fsp3) is 0.312. The Labute approximate surface area is 149 Å². The minimum absolute atomic E-state index is 0.0904. The van der Waals surface area contributed by atoms with Crippen molar-refractivity contribution in [2.45, 2.75) is 6.42 Å². The number of fused-ring (bicyclic) bond motifs is 5. The molecule has 1 aromatic carbocycles. The Balaban J connectivity index is 1.60. The summed E-state index contributed by atoms with van der Waals surface area (Å²) in [5, 5.41) is 14.8. The zero-order valence-electron chi connectivity index (χ0n) is 11.8. The van der Waals surface area contributed by atoms with Gasteiger partial charge in [-0.3, -0.25) is 9.59 Å². The van der Waals surface area contributed by atoms with E-state index < -0.39 is 0 Å². The molecular weight excluding hydrogens is 428 g/mol. The van der Waals surface area contributed by atoms with Crippen molar-refractivity contribution in [2.24, 2.45) is 28.8 Å². The molecule has 1 aliphatic heterocycles. The van der Waals surface area contributed by atoms with Gasteiger partial charge >= 0.3 is 0 Å². The molecule has 0 unspecified atom stereocenters. The molecule has 1 saturated carbocycles. The van der Waals surface area contributed by atoms with Crippen molar-refractivity contribution < 1.29 is 14.7 Å². The number of aromatic hydroxyl groups is 1. The molecule has 1 heterocycles. The molecule has 1 N–H and O–H groups in total. The zero-order chi connectivity index (χ0) is 16.3. The van der Waals surface area contributed by atoms with E-state index in [4.69, 9.17) is 0 Å². The number of carbonyl (C=O) groups is 2. The number of hydrazone groups is 1. The lowest BCUT2D eigenvalue weighted by atomic mass is 9.85. The number of amides is 2. The van der Waals surface area contributed by atoms with Gasteiger partial charge in [0.25, 0.3) is 11.8 Å². The number of carbonyl (C=O) groups excluding carboxylic acids is 2. The first-order valence-electron chi connectivity index (χ1n) is 7.25. The van der Waals surface area contributed by atoms with E-state index in [0.29, 0.717) is 14.5 Å². The highest BCUT2D eigenvalue weighted by molar-refractivity contribution is 9.11. The van der Waals surface area contributed by atoms with E-state index in [1.165, 1.54) is 6.21 Å². The zero-order valence-corrected chi connectivity index (χ0v) is 15.0. The van der Waals surface area contributed by atoms with E-state index in [1.807, 2.05) is 0 Å². The second-order valence-corrected chi connectivity index (χ2v) is 7.77. The van der Waals surface area contributed by atoms with Crippen LogP contribution >= 0.6 is 31.9 Å². The molecule has 23 heavy (non-hydrogen) atoms. The number of nitrogens with zero attached hydrogens (tertiary/aromatic N) is 2. The first-order chi connectivity index (χ1) is 11.0. The van der Waals surface area contributed by atoms with Crippen LogP contribution in [0.2, 0.25) is 0 Å². The van der Waals surface area contributed by atoms with Crippen molar-refractivity contribution >= 4 is 49.9 Å². The Hall–Kier alpha value is -1.47. The Morgan fingerprint density at radius 3 is 2.13 bits per heavy atom. The summed E-state index contributed by atoms with van der Waals surface area (Å²) in [6, 6.07) is 3.33. The highest BCUT2D eigenvalue weighted by Gasteiger charge is 2.59. The number of hydrogen-bond acceptors (Lipinski definition) is 4. The molecule has 2 bridgehead atoms. The van der Waals surface area contributed by atoms with Gasteiger partial charge in [-0.1, -0.05) is 12.2 Å². The average molecular weight is 440 g/mol. The van der Waals surface area contributed by atoms with Gasteiger partial charge in [0.2, 0.25) is 0 Å². The van der Waals surface area contributed by atoms with Gasteiger partial charge in [-0.25, -0.2) is 0 Å². The predicted molar refractivity (Wildman–Crippen MR) is 90.7 cm³/mol. The smallest absolute Gasteiger partial charge is 0.254 e. The van der Waals surface area contributed by atoms with Crippen molar-refractivity contribution in [3.05, 3.63) is 38.8 Å². The molecule has 2 fully saturated rings. The number of halogens is 2. The van der Waals surface area contributed by atoms with Gasteiger partial charge < -0.3 is 5.11 Å². The van der Waals surface area contributed by atoms with Gasteiger partial charge in [0.15, 0.2) is 0 Å². The van der Waals surface area contributed by atoms with Crippen LogP contribution in [0.1, 0.15) is 12.0 Å². The molecule has 3 aliphatic rings. The summed E-state index contributed by atoms with van der Waals surface area (Å²) in [4.78, 5) is 25.0. The third-order valence-electron chi connectivity index (χ3n) is 4.81. The Bertz CT molecular complexity index is 737. The van der Waals surface area contributed by atoms with Crippen molar-refractivity contribution in [3.63, 3.8) is 0 Å². The number of allylic oxidation sites excluding steroid dienone is 2. The SMILES string of the molecule is O=C1[C@@H]2[C@H](C(=O)N1N=Cc1cc(Br)c(O)c(Br)c1)[C@H]1C=C[C@H]2C1. The molecule has 118 valence electrons. The van der Waals surface area contributed by atoms with Crippen LogP contribution in [0.15, 0.2) is 38.3 Å². The number of rotatable bonds is 2. The fourth-order valence-electron chi connectivity index (χ4n) is 3.78. The van der Waals surface area contributed by atoms with Crippen LogP contribution in [0.3, 0.4) is 0 Å². The molecule has 1 aromatic rings. The molecule has 4 rings (SSSR count). The van der Waals surface area contributed by atoms with Crippen LogP contribution < -0.4 is 0 Å². The van der Waals surface area contributed by atoms with E-state index in [0.717, 1.165) is 11.4 Å². The van der Waals surface area contributed by atoms with Gasteiger partial charge in [0.1, 0.15) is 5.75 Å². The average Bonchev–Trinajstić information content (AvgIpc) is 3.18. The minimum Gasteiger partial charge on any atom is -0.506 e. The first-order valence-corrected chi connectivity index (χ1v) is 8.84. The Morgan fingerprint density at radius 2 is 1.61 bits per heavy atom. The second kappa shape index (κ2) is 5.27. The summed E-state index contributed by atoms with van der Waals surface area (Å²) < 4.78 is 1.01. The van der Waals surface area contributed by atoms with Crippen molar-refractivity contribution in [1.29, 1.82) is 0 Å². The summed E-state index contributed by atoms with van der Waals surface area (Å²) in [7, 11) is 0. The first kappa shape index (κ1) is 15.1. The van der Waals surface area contributed by atoms with E-state index in [-0.39, 0.29) is 41.2 Å². The van der Waals surface area contributed by atoms with Crippen molar-refractivity contribution in [1.82, 2.24) is 5.01 Å². The summed E-state index contributed by atoms with van der Waals surface area (Å²) in [5.41, 5.74) is 0.667. The van der Waals surface area contributed by atoms with Gasteiger partial charge in [-0.2, -0.15) is 10.1 Å². The molecule has 1 saturated heterocycles. The third-order valence-corrected chi connectivity index (χ3v) is 6.02. The topological polar surface area (TPSA) is 70.0 Å². The highest BCUT2D eigenvalue weighted by Crippen LogP contribution is 2.52. The molecule has 4 atom stereocenters. The molecule has 2 aliphatic carbocycles. The molecule has 5 nitrogen and oxygen atoms in total. The predicted octanol–water partition coefficient (Wildman–Crippen LogP) is 3.06. The van der Waals surface area contributed by atoms with E-state index in [9.17, 15) is 14.7 Å². The van der Waals surface area contributed by atoms with Gasteiger partial charge in [-0.05, 0) is 67.8 Å². The molecule has 2 amide bonds. The number of benzene rings is 1. The van der Waals surface area contributed by atoms with E-state index in [2.05, 4.69) is 49.1 Å². The van der Waals surface area contributed by atoms with Crippen LogP contribution in [0.4, 0.5) is 0 Å². The van der Waals surface area contributed by atoms with Crippen molar-refractivity contribution in [3.8, 4) is 5.75 Å². The van der Waals surface area contributed by atoms with Crippen LogP contribution in [-0.4, -0.2) is 28.1 Å². The maximum absolute atomic E-state index is 12.5. The summed E-state index contributed by atoms with van der Waals surface area (Å²) >= 11 is 6.48. The Morgan fingerprint density at radius 1 is 1.09 bits per heavy atom. The Kier molecular flexibility index (Phi) is 3.46. The summed E-state index contributed by atoms with van der Waals surface area (Å²) in [6.07, 6.45) is 6.47. The maximum atomic E-state index is 12.5. The van der Waals surface area contributed by atoms with E-state index >= 15 is 0 Å². The van der Waals surface area contributed by atoms with Crippen molar-refractivity contribution in [2.75, 3.05) is 0 Å². The molecule has 0 radical (unpaired) electrons. The fourth-order valence-corrected chi connectivity index (χ4v) is 5.01. The van der Waals surface area contributed by atoms with Gasteiger partial charge in [0, 0.05) is 0 Å². The lowest BCUT2D eigenvalue weighted by Crippen LogP contribution is -2.28. The minimum atomic E-state index is -0.243. The standard InChI is InChI=1S/C16H12Br2N2O3/c17-10-3-7(4-11(18)14(10)21)6-19-20-15(22)12-8-1-2-9(5-8)13(12)16(20)23/h1-4,6,8-9,12-13,21H,5H2/t8-,9-,12-,13+/m0/s1. The molecule has 0 aromatic heterocycles. The normalized spacial score (nSPS) is 31.7. The van der Waals surface area contributed by atoms with Crippen LogP contribution in [0, 0.1) is 23.7 Å². The number of phenolic OH excluding ortho intramolecular Hbond substituents is 1. The van der Waals surface area contributed by atoms with E-state index in [1.54, 1.807) is 12.1 Å². The highest BCUT2D eigenvalue weighted by atomic mass is 79.9. The third kappa shape index (κ3) is 2.21. The lowest BCUT2D eigenvalue weighted by Gasteiger charge is -2.13. The summed E-state index contributed by atoms with van der Waals surface area (Å²) in [5.74, 6) is -0.444. The van der Waals surface area contributed by atoms with Gasteiger partial charge in [-0.15, -0.1) is 0 Å². The van der Waals surface area contributed by atoms with Crippen LogP contribution in [-0.2, 0) is 9.59 Å². The largest absolute Gasteiger partial charge is 0.506 e. The van der Waals surface area contributed by atoms with Crippen LogP contribution in [0.5, 0.6) is 5.75 Å². The second-order valence-electron chi connectivity index (χ2n) is 6.07. The lowest BCUT2D eigenvalue weighted by molar-refractivity contribution is -0.140. The van der Waals surface area contributed by atoms with Gasteiger partial charge in [0.05, 0.1) is 27.0 Å². The molecule has 0 spiro atoms. The van der Waals surface area contributed by atoms with Crippen LogP contribution in [0.25, 0.3) is 0 Å².